The van der Waals surface area contributed by atoms with Gasteiger partial charge in [0.1, 0.15) is 11.6 Å². The summed E-state index contributed by atoms with van der Waals surface area (Å²) < 4.78 is 5.43. The van der Waals surface area contributed by atoms with Gasteiger partial charge in [-0.2, -0.15) is 0 Å². The van der Waals surface area contributed by atoms with E-state index in [2.05, 4.69) is 41.1 Å². The Hall–Kier alpha value is -2.69. The number of nitrogens with one attached hydrogen (secondary N) is 1. The van der Waals surface area contributed by atoms with E-state index in [-0.39, 0.29) is 0 Å². The molecule has 5 nitrogen and oxygen atoms in total. The molecule has 3 aromatic rings. The fraction of sp³-hybridized carbons (Fsp3) is 0.409. The van der Waals surface area contributed by atoms with E-state index < -0.39 is 0 Å². The Morgan fingerprint density at radius 1 is 1.11 bits per heavy atom. The first-order valence-electron chi connectivity index (χ1n) is 9.71. The summed E-state index contributed by atoms with van der Waals surface area (Å²) in [4.78, 5) is 13.3. The highest BCUT2D eigenvalue weighted by Crippen LogP contribution is 2.40. The van der Waals surface area contributed by atoms with Gasteiger partial charge in [-0.25, -0.2) is 4.98 Å². The van der Waals surface area contributed by atoms with Gasteiger partial charge in [0, 0.05) is 28.3 Å². The Bertz CT molecular complexity index is 1110. The Kier molecular flexibility index (Phi) is 3.61. The zero-order valence-electron chi connectivity index (χ0n) is 16.3. The second-order valence-electron chi connectivity index (χ2n) is 7.93. The molecule has 0 saturated heterocycles. The summed E-state index contributed by atoms with van der Waals surface area (Å²) in [5.74, 6) is 2.54. The van der Waals surface area contributed by atoms with Crippen molar-refractivity contribution in [3.8, 4) is 11.1 Å². The lowest BCUT2D eigenvalue weighted by Gasteiger charge is -2.22. The van der Waals surface area contributed by atoms with Gasteiger partial charge in [0.25, 0.3) is 0 Å². The summed E-state index contributed by atoms with van der Waals surface area (Å²) in [5.41, 5.74) is 10.1. The van der Waals surface area contributed by atoms with Crippen molar-refractivity contribution in [1.29, 1.82) is 0 Å². The van der Waals surface area contributed by atoms with E-state index in [0.717, 1.165) is 51.7 Å². The zero-order chi connectivity index (χ0) is 18.7. The minimum absolute atomic E-state index is 0.571. The summed E-state index contributed by atoms with van der Waals surface area (Å²) in [7, 11) is 0. The molecule has 5 heteroatoms. The van der Waals surface area contributed by atoms with Crippen LogP contribution in [0, 0.1) is 13.8 Å². The fourth-order valence-electron chi connectivity index (χ4n) is 4.37. The largest absolute Gasteiger partial charge is 0.361 e. The van der Waals surface area contributed by atoms with Crippen LogP contribution in [-0.4, -0.2) is 27.4 Å². The molecule has 1 aliphatic carbocycles. The minimum atomic E-state index is 0.571. The number of fused-ring (bicyclic) bond motifs is 1. The van der Waals surface area contributed by atoms with Crippen LogP contribution in [0.4, 0.5) is 0 Å². The quantitative estimate of drug-likeness (QED) is 0.684. The van der Waals surface area contributed by atoms with E-state index in [9.17, 15) is 0 Å². The van der Waals surface area contributed by atoms with Crippen LogP contribution < -0.4 is 0 Å². The van der Waals surface area contributed by atoms with Gasteiger partial charge >= 0.3 is 0 Å². The summed E-state index contributed by atoms with van der Waals surface area (Å²) >= 11 is 0. The van der Waals surface area contributed by atoms with Crippen molar-refractivity contribution < 1.29 is 4.52 Å². The number of hydrogen-bond donors (Lipinski definition) is 1. The van der Waals surface area contributed by atoms with E-state index >= 15 is 0 Å². The molecular formula is C22H24N4O. The Morgan fingerprint density at radius 3 is 2.52 bits per heavy atom. The average Bonchev–Trinajstić information content (AvgIpc) is 3.23. The Morgan fingerprint density at radius 2 is 1.93 bits per heavy atom. The summed E-state index contributed by atoms with van der Waals surface area (Å²) in [6.07, 6.45) is 3.76. The highest BCUT2D eigenvalue weighted by atomic mass is 16.5. The summed E-state index contributed by atoms with van der Waals surface area (Å²) in [5, 5.41) is 4.15. The van der Waals surface area contributed by atoms with Crippen LogP contribution in [0.5, 0.6) is 0 Å². The third kappa shape index (κ3) is 2.48. The molecule has 5 rings (SSSR count). The summed E-state index contributed by atoms with van der Waals surface area (Å²) in [6.45, 7) is 9.01. The zero-order valence-corrected chi connectivity index (χ0v) is 16.3. The van der Waals surface area contributed by atoms with Gasteiger partial charge in [0.05, 0.1) is 23.3 Å². The van der Waals surface area contributed by atoms with E-state index in [1.54, 1.807) is 0 Å². The maximum Gasteiger partial charge on any atom is 0.141 e. The highest BCUT2D eigenvalue weighted by molar-refractivity contribution is 6.27. The van der Waals surface area contributed by atoms with Crippen molar-refractivity contribution in [2.24, 2.45) is 4.99 Å². The second-order valence-corrected chi connectivity index (χ2v) is 7.93. The van der Waals surface area contributed by atoms with E-state index in [1.165, 1.54) is 36.0 Å². The van der Waals surface area contributed by atoms with Crippen molar-refractivity contribution in [1.82, 2.24) is 15.1 Å². The molecule has 0 atom stereocenters. The first-order valence-corrected chi connectivity index (χ1v) is 9.71. The number of aryl methyl sites for hydroxylation is 2. The molecule has 1 fully saturated rings. The molecule has 1 aliphatic heterocycles. The van der Waals surface area contributed by atoms with Crippen molar-refractivity contribution in [3.05, 3.63) is 40.5 Å². The first kappa shape index (κ1) is 16.5. The number of H-pyrrole nitrogens is 1. The van der Waals surface area contributed by atoms with Crippen LogP contribution in [-0.2, 0) is 0 Å². The molecule has 1 aromatic carbocycles. The van der Waals surface area contributed by atoms with Crippen molar-refractivity contribution >= 4 is 22.3 Å². The lowest BCUT2D eigenvalue weighted by atomic mass is 9.85. The standard InChI is InChI=1S/C22H24N4O/c1-11-10-23-12(2)19(11)17-8-16(20-13(3)26-27-14(20)4)9-18-21(17)25-22(24-18)15-6-5-7-15/h8-9,15H,5-7,10H2,1-4H3,(H,24,25). The molecule has 2 aliphatic rings. The molecule has 0 amide bonds. The normalized spacial score (nSPS) is 17.7. The number of hydrogen-bond acceptors (Lipinski definition) is 4. The van der Waals surface area contributed by atoms with Crippen LogP contribution in [0.15, 0.2) is 27.2 Å². The molecule has 1 saturated carbocycles. The topological polar surface area (TPSA) is 67.1 Å². The van der Waals surface area contributed by atoms with Gasteiger partial charge in [0.2, 0.25) is 0 Å². The minimum Gasteiger partial charge on any atom is -0.361 e. The predicted octanol–water partition coefficient (Wildman–Crippen LogP) is 5.35. The third-order valence-corrected chi connectivity index (χ3v) is 6.03. The third-order valence-electron chi connectivity index (χ3n) is 6.03. The number of allylic oxidation sites excluding steroid dienone is 1. The number of nitrogens with zero attached hydrogens (tertiary/aromatic N) is 3. The van der Waals surface area contributed by atoms with Crippen LogP contribution in [0.1, 0.15) is 61.9 Å². The molecule has 0 spiro atoms. The average molecular weight is 360 g/mol. The number of benzene rings is 1. The van der Waals surface area contributed by atoms with Crippen molar-refractivity contribution in [2.45, 2.75) is 52.9 Å². The smallest absolute Gasteiger partial charge is 0.141 e. The lowest BCUT2D eigenvalue weighted by Crippen LogP contribution is -2.10. The van der Waals surface area contributed by atoms with Gasteiger partial charge in [-0.3, -0.25) is 4.99 Å². The molecule has 2 aromatic heterocycles. The number of aliphatic imine (C=N–C) groups is 1. The van der Waals surface area contributed by atoms with E-state index in [4.69, 9.17) is 9.51 Å². The second kappa shape index (κ2) is 5.91. The monoisotopic (exact) mass is 360 g/mol. The number of imidazole rings is 1. The van der Waals surface area contributed by atoms with Crippen LogP contribution in [0.3, 0.4) is 0 Å². The molecular weight excluding hydrogens is 336 g/mol. The maximum absolute atomic E-state index is 5.43. The SMILES string of the molecule is CC1=NCC(C)=C1c1cc(-c2c(C)noc2C)cc2[nH]c(C3CCC3)nc12. The van der Waals surface area contributed by atoms with Crippen LogP contribution >= 0.6 is 0 Å². The van der Waals surface area contributed by atoms with Crippen molar-refractivity contribution in [2.75, 3.05) is 6.54 Å². The number of aromatic nitrogens is 3. The van der Waals surface area contributed by atoms with Crippen LogP contribution in [0.25, 0.3) is 27.7 Å². The van der Waals surface area contributed by atoms with Gasteiger partial charge in [-0.15, -0.1) is 0 Å². The van der Waals surface area contributed by atoms with Gasteiger partial charge in [-0.05, 0) is 63.8 Å². The van der Waals surface area contributed by atoms with E-state index in [0.29, 0.717) is 5.92 Å². The molecule has 0 radical (unpaired) electrons. The molecule has 138 valence electrons. The van der Waals surface area contributed by atoms with Crippen LogP contribution in [0.2, 0.25) is 0 Å². The van der Waals surface area contributed by atoms with Gasteiger partial charge in [-0.1, -0.05) is 11.6 Å². The van der Waals surface area contributed by atoms with Crippen molar-refractivity contribution in [3.63, 3.8) is 0 Å². The Labute approximate surface area is 158 Å². The Balaban J connectivity index is 1.79. The molecule has 1 N–H and O–H groups in total. The summed E-state index contributed by atoms with van der Waals surface area (Å²) in [6, 6.07) is 4.43. The fourth-order valence-corrected chi connectivity index (χ4v) is 4.37. The number of rotatable bonds is 3. The molecule has 0 unspecified atom stereocenters. The molecule has 0 bridgehead atoms. The predicted molar refractivity (Wildman–Crippen MR) is 108 cm³/mol. The highest BCUT2D eigenvalue weighted by Gasteiger charge is 2.26. The molecule has 27 heavy (non-hydrogen) atoms. The molecule has 3 heterocycles. The van der Waals surface area contributed by atoms with Gasteiger partial charge in [0.15, 0.2) is 0 Å². The first-order chi connectivity index (χ1) is 13.0. The maximum atomic E-state index is 5.43. The van der Waals surface area contributed by atoms with E-state index in [1.807, 2.05) is 13.8 Å². The number of aromatic amines is 1. The lowest BCUT2D eigenvalue weighted by molar-refractivity contribution is 0.393. The van der Waals surface area contributed by atoms with Gasteiger partial charge < -0.3 is 9.51 Å².